The molecule has 12 heavy (non-hydrogen) atoms. The minimum atomic E-state index is 0.989. The van der Waals surface area contributed by atoms with Crippen molar-refractivity contribution in [3.05, 3.63) is 41.4 Å². The Balaban J connectivity index is 2.23. The Morgan fingerprint density at radius 3 is 2.67 bits per heavy atom. The molecule has 1 radical (unpaired) electrons. The van der Waals surface area contributed by atoms with Crippen LogP contribution in [0.4, 0.5) is 5.69 Å². The quantitative estimate of drug-likeness (QED) is 0.647. The van der Waals surface area contributed by atoms with Gasteiger partial charge in [-0.05, 0) is 24.5 Å². The monoisotopic (exact) mass is 176 g/mol. The number of nitrogens with zero attached hydrogens (tertiary/aromatic N) is 1. The Morgan fingerprint density at radius 2 is 2.08 bits per heavy atom. The summed E-state index contributed by atoms with van der Waals surface area (Å²) in [4.78, 5) is 2.12. The van der Waals surface area contributed by atoms with Crippen LogP contribution in [0.25, 0.3) is 0 Å². The van der Waals surface area contributed by atoms with Gasteiger partial charge in [0.25, 0.3) is 0 Å². The van der Waals surface area contributed by atoms with Crippen molar-refractivity contribution >= 4 is 17.4 Å². The molecule has 61 valence electrons. The molecule has 0 N–H and O–H groups in total. The standard InChI is InChI=1S/C10H10NS/c1-9-2-4-10(5-3-9)11-6-7-12-8-11/h2-5,7H,8H2,1H3. The predicted molar refractivity (Wildman–Crippen MR) is 53.9 cm³/mol. The van der Waals surface area contributed by atoms with Gasteiger partial charge in [0.2, 0.25) is 0 Å². The Kier molecular flexibility index (Phi) is 2.09. The second-order valence-corrected chi connectivity index (χ2v) is 3.63. The van der Waals surface area contributed by atoms with Gasteiger partial charge in [-0.15, -0.1) is 11.8 Å². The number of anilines is 1. The van der Waals surface area contributed by atoms with Crippen molar-refractivity contribution in [2.75, 3.05) is 10.8 Å². The maximum Gasteiger partial charge on any atom is 0.0730 e. The van der Waals surface area contributed by atoms with E-state index in [1.807, 2.05) is 5.41 Å². The molecular formula is C10H10NS. The Bertz CT molecular complexity index is 289. The third-order valence-corrected chi connectivity index (χ3v) is 2.52. The normalized spacial score (nSPS) is 15.6. The number of benzene rings is 1. The second-order valence-electron chi connectivity index (χ2n) is 2.81. The van der Waals surface area contributed by atoms with E-state index >= 15 is 0 Å². The fourth-order valence-corrected chi connectivity index (χ4v) is 1.77. The molecule has 0 fully saturated rings. The molecule has 1 aromatic rings. The zero-order valence-corrected chi connectivity index (χ0v) is 7.77. The van der Waals surface area contributed by atoms with Crippen LogP contribution < -0.4 is 4.90 Å². The van der Waals surface area contributed by atoms with Crippen molar-refractivity contribution in [1.82, 2.24) is 0 Å². The van der Waals surface area contributed by atoms with E-state index in [0.29, 0.717) is 0 Å². The molecule has 1 nitrogen and oxygen atoms in total. The summed E-state index contributed by atoms with van der Waals surface area (Å²) >= 11 is 1.77. The highest BCUT2D eigenvalue weighted by atomic mass is 32.2. The SMILES string of the molecule is Cc1ccc(N2[C]=CSC2)cc1. The maximum absolute atomic E-state index is 3.16. The Hall–Kier alpha value is -0.890. The van der Waals surface area contributed by atoms with Gasteiger partial charge >= 0.3 is 0 Å². The summed E-state index contributed by atoms with van der Waals surface area (Å²) in [5.41, 5.74) is 2.52. The van der Waals surface area contributed by atoms with E-state index in [0.717, 1.165) is 5.88 Å². The average Bonchev–Trinajstić information content (AvgIpc) is 2.58. The van der Waals surface area contributed by atoms with Crippen LogP contribution in [0.15, 0.2) is 29.7 Å². The highest BCUT2D eigenvalue weighted by molar-refractivity contribution is 8.02. The molecule has 0 saturated heterocycles. The van der Waals surface area contributed by atoms with Crippen LogP contribution in [0.3, 0.4) is 0 Å². The summed E-state index contributed by atoms with van der Waals surface area (Å²) in [7, 11) is 0. The van der Waals surface area contributed by atoms with Gasteiger partial charge in [0.05, 0.1) is 12.1 Å². The number of hydrogen-bond donors (Lipinski definition) is 0. The number of hydrogen-bond acceptors (Lipinski definition) is 2. The number of thioether (sulfide) groups is 1. The second kappa shape index (κ2) is 3.23. The highest BCUT2D eigenvalue weighted by Gasteiger charge is 2.06. The summed E-state index contributed by atoms with van der Waals surface area (Å²) in [6.45, 7) is 2.10. The Morgan fingerprint density at radius 1 is 1.33 bits per heavy atom. The third-order valence-electron chi connectivity index (χ3n) is 1.84. The van der Waals surface area contributed by atoms with Crippen LogP contribution in [0.5, 0.6) is 0 Å². The molecule has 0 aromatic heterocycles. The molecule has 0 spiro atoms. The largest absolute Gasteiger partial charge is 0.329 e. The van der Waals surface area contributed by atoms with Crippen LogP contribution in [-0.2, 0) is 0 Å². The fraction of sp³-hybridized carbons (Fsp3) is 0.200. The maximum atomic E-state index is 3.16. The summed E-state index contributed by atoms with van der Waals surface area (Å²) < 4.78 is 0. The molecule has 0 saturated carbocycles. The first-order chi connectivity index (χ1) is 5.86. The lowest BCUT2D eigenvalue weighted by molar-refractivity contribution is 1.15. The van der Waals surface area contributed by atoms with E-state index in [1.165, 1.54) is 11.3 Å². The molecule has 0 amide bonds. The van der Waals surface area contributed by atoms with Crippen molar-refractivity contribution in [2.45, 2.75) is 6.92 Å². The summed E-state index contributed by atoms with van der Waals surface area (Å²) in [5, 5.41) is 2.00. The van der Waals surface area contributed by atoms with E-state index in [9.17, 15) is 0 Å². The van der Waals surface area contributed by atoms with Gasteiger partial charge in [0, 0.05) is 5.69 Å². The van der Waals surface area contributed by atoms with Crippen molar-refractivity contribution in [3.8, 4) is 0 Å². The van der Waals surface area contributed by atoms with Crippen molar-refractivity contribution in [3.63, 3.8) is 0 Å². The predicted octanol–water partition coefficient (Wildman–Crippen LogP) is 2.78. The molecule has 0 aliphatic carbocycles. The molecule has 1 aliphatic rings. The zero-order valence-electron chi connectivity index (χ0n) is 6.95. The first kappa shape index (κ1) is 7.74. The van der Waals surface area contributed by atoms with Gasteiger partial charge in [-0.3, -0.25) is 0 Å². The molecule has 0 atom stereocenters. The molecule has 2 heteroatoms. The van der Waals surface area contributed by atoms with E-state index < -0.39 is 0 Å². The molecule has 0 unspecified atom stereocenters. The van der Waals surface area contributed by atoms with Crippen molar-refractivity contribution in [2.24, 2.45) is 0 Å². The lowest BCUT2D eigenvalue weighted by Crippen LogP contribution is -2.10. The van der Waals surface area contributed by atoms with Crippen LogP contribution >= 0.6 is 11.8 Å². The van der Waals surface area contributed by atoms with E-state index in [-0.39, 0.29) is 0 Å². The van der Waals surface area contributed by atoms with Gasteiger partial charge in [0.15, 0.2) is 0 Å². The minimum absolute atomic E-state index is 0.989. The van der Waals surface area contributed by atoms with E-state index in [1.54, 1.807) is 11.8 Å². The average molecular weight is 176 g/mol. The number of aryl methyl sites for hydroxylation is 1. The lowest BCUT2D eigenvalue weighted by atomic mass is 10.2. The van der Waals surface area contributed by atoms with Gasteiger partial charge in [-0.25, -0.2) is 0 Å². The smallest absolute Gasteiger partial charge is 0.0730 e. The summed E-state index contributed by atoms with van der Waals surface area (Å²) in [6, 6.07) is 8.50. The van der Waals surface area contributed by atoms with Gasteiger partial charge in [0.1, 0.15) is 0 Å². The molecule has 1 aliphatic heterocycles. The molecule has 2 rings (SSSR count). The van der Waals surface area contributed by atoms with Crippen LogP contribution in [-0.4, -0.2) is 5.88 Å². The van der Waals surface area contributed by atoms with Gasteiger partial charge < -0.3 is 4.90 Å². The first-order valence-corrected chi connectivity index (χ1v) is 4.95. The summed E-state index contributed by atoms with van der Waals surface area (Å²) in [6.07, 6.45) is 3.16. The number of rotatable bonds is 1. The van der Waals surface area contributed by atoms with Crippen molar-refractivity contribution < 1.29 is 0 Å². The highest BCUT2D eigenvalue weighted by Crippen LogP contribution is 2.22. The zero-order chi connectivity index (χ0) is 8.39. The van der Waals surface area contributed by atoms with Crippen LogP contribution in [0, 0.1) is 13.1 Å². The molecular weight excluding hydrogens is 166 g/mol. The van der Waals surface area contributed by atoms with Gasteiger partial charge in [-0.2, -0.15) is 0 Å². The van der Waals surface area contributed by atoms with Crippen molar-refractivity contribution in [1.29, 1.82) is 0 Å². The molecule has 0 bridgehead atoms. The van der Waals surface area contributed by atoms with Crippen LogP contribution in [0.2, 0.25) is 0 Å². The Labute approximate surface area is 77.1 Å². The lowest BCUT2D eigenvalue weighted by Gasteiger charge is -2.13. The third kappa shape index (κ3) is 1.48. The molecule has 1 aromatic carbocycles. The minimum Gasteiger partial charge on any atom is -0.329 e. The topological polar surface area (TPSA) is 3.24 Å². The van der Waals surface area contributed by atoms with Gasteiger partial charge in [-0.1, -0.05) is 17.7 Å². The fourth-order valence-electron chi connectivity index (χ4n) is 1.12. The molecule has 1 heterocycles. The van der Waals surface area contributed by atoms with E-state index in [2.05, 4.69) is 42.3 Å². The first-order valence-electron chi connectivity index (χ1n) is 3.90. The van der Waals surface area contributed by atoms with Crippen LogP contribution in [0.1, 0.15) is 5.56 Å². The van der Waals surface area contributed by atoms with E-state index in [4.69, 9.17) is 0 Å². The summed E-state index contributed by atoms with van der Waals surface area (Å²) in [5.74, 6) is 0.989.